The summed E-state index contributed by atoms with van der Waals surface area (Å²) in [5, 5.41) is 11.3. The molecule has 1 spiro atoms. The van der Waals surface area contributed by atoms with Crippen LogP contribution in [0.1, 0.15) is 32.7 Å². The number of aromatic nitrogens is 2. The summed E-state index contributed by atoms with van der Waals surface area (Å²) in [5.74, 6) is -0.581. The third-order valence-electron chi connectivity index (χ3n) is 10.2. The Hall–Kier alpha value is -2.25. The molecule has 4 atom stereocenters. The van der Waals surface area contributed by atoms with E-state index in [0.717, 1.165) is 45.2 Å². The molecule has 3 fully saturated rings. The smallest absolute Gasteiger partial charge is 0.350 e. The lowest BCUT2D eigenvalue weighted by molar-refractivity contribution is -0.140. The Morgan fingerprint density at radius 3 is 2.54 bits per heavy atom. The molecule has 4 aliphatic rings. The average Bonchev–Trinajstić information content (AvgIpc) is 3.01. The van der Waals surface area contributed by atoms with Crippen molar-refractivity contribution in [2.24, 2.45) is 5.41 Å². The molecule has 5 heterocycles. The molecular formula is C33H37Cl2F2N5O3S. The third-order valence-corrected chi connectivity index (χ3v) is 12.0. The van der Waals surface area contributed by atoms with E-state index in [4.69, 9.17) is 32.9 Å². The molecule has 0 saturated carbocycles. The van der Waals surface area contributed by atoms with Gasteiger partial charge < -0.3 is 19.6 Å². The summed E-state index contributed by atoms with van der Waals surface area (Å²) in [7, 11) is 0. The van der Waals surface area contributed by atoms with E-state index < -0.39 is 17.9 Å². The van der Waals surface area contributed by atoms with Crippen LogP contribution in [-0.4, -0.2) is 94.5 Å². The number of anilines is 1. The second-order valence-electron chi connectivity index (χ2n) is 13.2. The number of hydrogen-bond acceptors (Lipinski definition) is 8. The van der Waals surface area contributed by atoms with Crippen molar-refractivity contribution in [2.75, 3.05) is 56.6 Å². The van der Waals surface area contributed by atoms with Crippen LogP contribution >= 0.6 is 35.0 Å². The predicted molar refractivity (Wildman–Crippen MR) is 179 cm³/mol. The number of aliphatic hydroxyl groups is 1. The highest BCUT2D eigenvalue weighted by atomic mass is 35.5. The number of piperidine rings is 1. The van der Waals surface area contributed by atoms with Gasteiger partial charge in [-0.05, 0) is 58.0 Å². The number of hydrogen-bond donors (Lipinski definition) is 1. The topological polar surface area (TPSA) is 74.1 Å². The van der Waals surface area contributed by atoms with Crippen molar-refractivity contribution >= 4 is 51.7 Å². The van der Waals surface area contributed by atoms with Crippen LogP contribution in [0.25, 0.3) is 22.0 Å². The van der Waals surface area contributed by atoms with Gasteiger partial charge in [-0.1, -0.05) is 29.8 Å². The second-order valence-corrected chi connectivity index (χ2v) is 15.1. The highest BCUT2D eigenvalue weighted by Crippen LogP contribution is 2.49. The summed E-state index contributed by atoms with van der Waals surface area (Å²) in [5.41, 5.74) is 1.02. The lowest BCUT2D eigenvalue weighted by Crippen LogP contribution is -2.59. The van der Waals surface area contributed by atoms with Gasteiger partial charge in [0.05, 0.1) is 34.8 Å². The van der Waals surface area contributed by atoms with Crippen LogP contribution in [0.4, 0.5) is 14.6 Å². The van der Waals surface area contributed by atoms with Gasteiger partial charge in [-0.25, -0.2) is 13.6 Å². The zero-order valence-electron chi connectivity index (χ0n) is 25.8. The molecule has 3 aromatic rings. The number of halogens is 4. The highest BCUT2D eigenvalue weighted by molar-refractivity contribution is 7.99. The SMILES string of the molecule is C=CC(O)N1C[C@H](C)N(c2nc(=O)n3c4c(c(-c5cc(Cl)c(F)cc5F)c(Cl)cc24)SC[C@@H]3CN2CCC3(CC2)COC3)C[C@H]1C. The number of thioether (sulfide) groups is 1. The molecule has 1 unspecified atom stereocenters. The van der Waals surface area contributed by atoms with Gasteiger partial charge in [-0.2, -0.15) is 4.98 Å². The van der Waals surface area contributed by atoms with E-state index in [-0.39, 0.29) is 39.4 Å². The molecule has 0 radical (unpaired) electrons. The standard InChI is InChI=1S/C33H37Cl2F2N5O3S/c1-4-27(43)40-12-19(3)41(13-18(40)2)31-22-10-24(35)28(21-9-23(34)26(37)11-25(21)36)30-29(22)42(32(44)38-31)20(15-46-30)14-39-7-5-33(6-8-39)16-45-17-33/h4,9-11,18-20,27,43H,1,5-8,12-17H2,2-3H3/t18-,19+,20+,27?/m1/s1. The summed E-state index contributed by atoms with van der Waals surface area (Å²) in [6.07, 6.45) is 2.85. The van der Waals surface area contributed by atoms with Crippen LogP contribution in [0.3, 0.4) is 0 Å². The molecule has 3 saturated heterocycles. The van der Waals surface area contributed by atoms with Crippen molar-refractivity contribution in [3.05, 3.63) is 63.0 Å². The molecule has 1 N–H and O–H groups in total. The molecule has 0 amide bonds. The molecule has 8 nitrogen and oxygen atoms in total. The quantitative estimate of drug-likeness (QED) is 0.257. The van der Waals surface area contributed by atoms with Crippen molar-refractivity contribution in [1.29, 1.82) is 0 Å². The molecule has 2 aromatic carbocycles. The van der Waals surface area contributed by atoms with Crippen molar-refractivity contribution in [3.63, 3.8) is 0 Å². The molecule has 7 rings (SSSR count). The maximum atomic E-state index is 15.4. The lowest BCUT2D eigenvalue weighted by Gasteiger charge is -2.48. The van der Waals surface area contributed by atoms with Crippen molar-refractivity contribution in [1.82, 2.24) is 19.4 Å². The first-order valence-corrected chi connectivity index (χ1v) is 17.4. The zero-order valence-corrected chi connectivity index (χ0v) is 28.1. The van der Waals surface area contributed by atoms with Crippen LogP contribution < -0.4 is 10.6 Å². The Labute approximate surface area is 280 Å². The van der Waals surface area contributed by atoms with Crippen molar-refractivity contribution in [2.45, 2.75) is 55.9 Å². The summed E-state index contributed by atoms with van der Waals surface area (Å²) < 4.78 is 36.9. The summed E-state index contributed by atoms with van der Waals surface area (Å²) in [6, 6.07) is 3.43. The second kappa shape index (κ2) is 12.3. The van der Waals surface area contributed by atoms with Gasteiger partial charge in [0.15, 0.2) is 0 Å². The van der Waals surface area contributed by atoms with E-state index in [1.165, 1.54) is 23.9 Å². The van der Waals surface area contributed by atoms with Crippen molar-refractivity contribution in [3.8, 4) is 11.1 Å². The first kappa shape index (κ1) is 32.3. The molecule has 4 aliphatic heterocycles. The molecule has 0 bridgehead atoms. The van der Waals surface area contributed by atoms with Crippen LogP contribution in [0.15, 0.2) is 40.5 Å². The average molecular weight is 693 g/mol. The summed E-state index contributed by atoms with van der Waals surface area (Å²) in [4.78, 5) is 26.0. The van der Waals surface area contributed by atoms with Crippen LogP contribution in [-0.2, 0) is 4.74 Å². The van der Waals surface area contributed by atoms with E-state index in [9.17, 15) is 14.3 Å². The first-order valence-electron chi connectivity index (χ1n) is 15.7. The van der Waals surface area contributed by atoms with Gasteiger partial charge in [0, 0.05) is 70.4 Å². The van der Waals surface area contributed by atoms with Gasteiger partial charge in [0.25, 0.3) is 0 Å². The highest BCUT2D eigenvalue weighted by Gasteiger charge is 2.42. The van der Waals surface area contributed by atoms with Gasteiger partial charge >= 0.3 is 5.69 Å². The molecule has 0 aliphatic carbocycles. The summed E-state index contributed by atoms with van der Waals surface area (Å²) in [6.45, 7) is 13.0. The fourth-order valence-electron chi connectivity index (χ4n) is 7.52. The number of nitrogens with zero attached hydrogens (tertiary/aromatic N) is 5. The van der Waals surface area contributed by atoms with Gasteiger partial charge in [-0.3, -0.25) is 9.47 Å². The summed E-state index contributed by atoms with van der Waals surface area (Å²) >= 11 is 14.6. The predicted octanol–water partition coefficient (Wildman–Crippen LogP) is 5.81. The van der Waals surface area contributed by atoms with E-state index >= 15 is 4.39 Å². The van der Waals surface area contributed by atoms with E-state index in [0.29, 0.717) is 58.0 Å². The minimum absolute atomic E-state index is 0.0633. The number of benzene rings is 2. The Bertz CT molecular complexity index is 1760. The molecule has 46 heavy (non-hydrogen) atoms. The van der Waals surface area contributed by atoms with Gasteiger partial charge in [0.1, 0.15) is 23.7 Å². The molecular weight excluding hydrogens is 655 g/mol. The number of piperazine rings is 1. The molecule has 1 aromatic heterocycles. The van der Waals surface area contributed by atoms with Gasteiger partial charge in [0.2, 0.25) is 0 Å². The minimum atomic E-state index is -0.856. The van der Waals surface area contributed by atoms with E-state index in [1.54, 1.807) is 10.6 Å². The van der Waals surface area contributed by atoms with Gasteiger partial charge in [-0.15, -0.1) is 11.8 Å². The lowest BCUT2D eigenvalue weighted by atomic mass is 9.77. The minimum Gasteiger partial charge on any atom is -0.380 e. The normalized spacial score (nSPS) is 25.5. The van der Waals surface area contributed by atoms with Crippen LogP contribution in [0, 0.1) is 17.0 Å². The molecule has 13 heteroatoms. The Morgan fingerprint density at radius 2 is 1.87 bits per heavy atom. The van der Waals surface area contributed by atoms with Crippen LogP contribution in [0.2, 0.25) is 10.0 Å². The zero-order chi connectivity index (χ0) is 32.5. The Kier molecular flexibility index (Phi) is 8.66. The number of likely N-dealkylation sites (tertiary alicyclic amines) is 1. The fourth-order valence-corrected chi connectivity index (χ4v) is 9.37. The maximum Gasteiger partial charge on any atom is 0.350 e. The van der Waals surface area contributed by atoms with Crippen molar-refractivity contribution < 1.29 is 18.6 Å². The maximum absolute atomic E-state index is 15.4. The van der Waals surface area contributed by atoms with E-state index in [1.807, 2.05) is 18.7 Å². The third kappa shape index (κ3) is 5.45. The van der Waals surface area contributed by atoms with Crippen LogP contribution in [0.5, 0.6) is 0 Å². The first-order chi connectivity index (χ1) is 22.0. The largest absolute Gasteiger partial charge is 0.380 e. The van der Waals surface area contributed by atoms with E-state index in [2.05, 4.69) is 16.4 Å². The number of aliphatic hydroxyl groups excluding tert-OH is 1. The fraction of sp³-hybridized carbons (Fsp3) is 0.515. The Balaban J connectivity index is 1.36. The number of ether oxygens (including phenoxy) is 1. The number of rotatable bonds is 6. The Morgan fingerprint density at radius 1 is 1.13 bits per heavy atom. The monoisotopic (exact) mass is 691 g/mol. The molecule has 246 valence electrons.